The number of phenolic OH excluding ortho intramolecular Hbond substituents is 2. The van der Waals surface area contributed by atoms with Crippen LogP contribution in [0.25, 0.3) is 0 Å². The summed E-state index contributed by atoms with van der Waals surface area (Å²) in [4.78, 5) is 124. The van der Waals surface area contributed by atoms with Crippen molar-refractivity contribution in [2.75, 3.05) is 24.6 Å². The van der Waals surface area contributed by atoms with Crippen molar-refractivity contribution < 1.29 is 53.4 Å². The number of rotatable bonds is 20. The Labute approximate surface area is 452 Å². The molecule has 18 N–H and O–H groups in total. The molecule has 1 saturated heterocycles. The fourth-order valence-corrected chi connectivity index (χ4v) is 9.97. The molecule has 76 heavy (non-hydrogen) atoms. The van der Waals surface area contributed by atoms with E-state index in [4.69, 9.17) is 34.5 Å². The summed E-state index contributed by atoms with van der Waals surface area (Å²) in [5.74, 6) is -7.43. The van der Waals surface area contributed by atoms with Gasteiger partial charge in [-0.05, 0) is 111 Å². The first-order chi connectivity index (χ1) is 36.1. The van der Waals surface area contributed by atoms with E-state index in [0.717, 1.165) is 21.6 Å². The standard InChI is InChI=1S/C50H67ClN12O11S2/c1-27(6-5-21-56-50(55)74)41-49(73)58-36(7-3-4-20-52)45(69)57-28(2)43(67)61-39(47(71)59-37(42(54)66)23-30-10-16-33(64)17-11-30)25-75-76-26-40(62-44(68)35(53)22-29-8-14-32(51)15-9-29)48(72)60-38(46(70)63-41)24-31-12-18-34(65)19-13-31/h8-19,28,35-41,64-65H,1,3-7,20-26,52-53H2,2H3,(H2,54,66)(H,57,69)(H,58,73)(H,59,71)(H,60,72)(H,61,67)(H,62,68)(H,63,70)(H3,55,56,74)/t28-,35-,36-,37+,38-,39-,40+,41+/m0/s1. The summed E-state index contributed by atoms with van der Waals surface area (Å²) in [5, 5.41) is 41.2. The topological polar surface area (TPSA) is 394 Å². The first-order valence-corrected chi connectivity index (χ1v) is 27.1. The Morgan fingerprint density at radius 3 is 1.92 bits per heavy atom. The van der Waals surface area contributed by atoms with E-state index in [0.29, 0.717) is 34.6 Å². The van der Waals surface area contributed by atoms with Crippen molar-refractivity contribution in [2.45, 2.75) is 107 Å². The van der Waals surface area contributed by atoms with Crippen molar-refractivity contribution in [3.63, 3.8) is 0 Å². The predicted molar refractivity (Wildman–Crippen MR) is 289 cm³/mol. The summed E-state index contributed by atoms with van der Waals surface area (Å²) in [6.07, 6.45) is 0.783. The van der Waals surface area contributed by atoms with Gasteiger partial charge in [-0.3, -0.25) is 38.4 Å². The monoisotopic (exact) mass is 1110 g/mol. The molecule has 0 spiro atoms. The molecule has 4 rings (SSSR count). The third kappa shape index (κ3) is 20.9. The number of unbranched alkanes of at least 4 members (excludes halogenated alkanes) is 1. The average Bonchev–Trinajstić information content (AvgIpc) is 3.37. The van der Waals surface area contributed by atoms with E-state index >= 15 is 0 Å². The van der Waals surface area contributed by atoms with E-state index in [1.165, 1.54) is 55.5 Å². The van der Waals surface area contributed by atoms with Crippen molar-refractivity contribution in [1.82, 2.24) is 42.5 Å². The van der Waals surface area contributed by atoms with Crippen LogP contribution in [-0.4, -0.2) is 136 Å². The van der Waals surface area contributed by atoms with Gasteiger partial charge in [-0.15, -0.1) is 0 Å². The van der Waals surface area contributed by atoms with E-state index < -0.39 is 102 Å². The van der Waals surface area contributed by atoms with Gasteiger partial charge < -0.3 is 75.7 Å². The van der Waals surface area contributed by atoms with Crippen LogP contribution in [0.4, 0.5) is 4.79 Å². The number of primary amides is 2. The highest BCUT2D eigenvalue weighted by Gasteiger charge is 2.35. The second kappa shape index (κ2) is 31.1. The van der Waals surface area contributed by atoms with Crippen molar-refractivity contribution in [2.24, 2.45) is 22.9 Å². The molecule has 0 radical (unpaired) electrons. The summed E-state index contributed by atoms with van der Waals surface area (Å²) in [6, 6.07) is 6.39. The lowest BCUT2D eigenvalue weighted by molar-refractivity contribution is -0.135. The maximum absolute atomic E-state index is 14.6. The van der Waals surface area contributed by atoms with Gasteiger partial charge in [0.2, 0.25) is 47.3 Å². The van der Waals surface area contributed by atoms with Crippen LogP contribution in [0.15, 0.2) is 84.9 Å². The second-order valence-corrected chi connectivity index (χ2v) is 21.0. The Morgan fingerprint density at radius 1 is 0.724 bits per heavy atom. The van der Waals surface area contributed by atoms with Crippen LogP contribution in [0.2, 0.25) is 5.02 Å². The Hall–Kier alpha value is -7.06. The second-order valence-electron chi connectivity index (χ2n) is 18.0. The zero-order chi connectivity index (χ0) is 55.9. The van der Waals surface area contributed by atoms with Crippen LogP contribution in [-0.2, 0) is 57.6 Å². The number of amides is 10. The van der Waals surface area contributed by atoms with Gasteiger partial charge in [0.25, 0.3) is 0 Å². The molecule has 1 heterocycles. The number of halogens is 1. The Kier molecular flexibility index (Phi) is 25.2. The van der Waals surface area contributed by atoms with Crippen LogP contribution >= 0.6 is 33.2 Å². The van der Waals surface area contributed by atoms with Crippen LogP contribution < -0.4 is 65.5 Å². The van der Waals surface area contributed by atoms with Gasteiger partial charge in [-0.2, -0.15) is 0 Å². The summed E-state index contributed by atoms with van der Waals surface area (Å²) < 4.78 is 0. The predicted octanol–water partition coefficient (Wildman–Crippen LogP) is -0.466. The van der Waals surface area contributed by atoms with Gasteiger partial charge in [-0.1, -0.05) is 76.2 Å². The number of aromatic hydroxyl groups is 2. The molecule has 0 unspecified atom stereocenters. The molecular formula is C50H67ClN12O11S2. The highest BCUT2D eigenvalue weighted by Crippen LogP contribution is 2.24. The number of phenols is 2. The van der Waals surface area contributed by atoms with Gasteiger partial charge in [0.15, 0.2) is 0 Å². The molecule has 8 atom stereocenters. The van der Waals surface area contributed by atoms with Gasteiger partial charge in [-0.25, -0.2) is 4.79 Å². The van der Waals surface area contributed by atoms with Crippen molar-refractivity contribution >= 4 is 86.5 Å². The highest BCUT2D eigenvalue weighted by molar-refractivity contribution is 8.76. The molecule has 26 heteroatoms. The zero-order valence-electron chi connectivity index (χ0n) is 41.8. The number of urea groups is 1. The molecule has 1 aliphatic rings. The lowest BCUT2D eigenvalue weighted by atomic mass is 9.99. The Bertz CT molecular complexity index is 2510. The molecule has 23 nitrogen and oxygen atoms in total. The largest absolute Gasteiger partial charge is 0.508 e. The molecule has 1 fully saturated rings. The minimum atomic E-state index is -1.57. The quantitative estimate of drug-likeness (QED) is 0.0387. The smallest absolute Gasteiger partial charge is 0.312 e. The van der Waals surface area contributed by atoms with Crippen LogP contribution in [0.5, 0.6) is 11.5 Å². The summed E-state index contributed by atoms with van der Waals surface area (Å²) in [7, 11) is 1.99. The van der Waals surface area contributed by atoms with Crippen LogP contribution in [0.1, 0.15) is 55.7 Å². The van der Waals surface area contributed by atoms with Gasteiger partial charge in [0, 0.05) is 35.9 Å². The normalized spacial score (nSPS) is 20.9. The molecule has 1 aliphatic heterocycles. The maximum Gasteiger partial charge on any atom is 0.312 e. The maximum atomic E-state index is 14.6. The molecular weight excluding hydrogens is 1040 g/mol. The molecule has 3 aromatic rings. The van der Waals surface area contributed by atoms with Gasteiger partial charge in [0.05, 0.1) is 6.04 Å². The molecule has 412 valence electrons. The van der Waals surface area contributed by atoms with E-state index in [9.17, 15) is 53.4 Å². The number of hydrogen-bond donors (Lipinski definition) is 14. The first kappa shape index (κ1) is 61.5. The van der Waals surface area contributed by atoms with Gasteiger partial charge >= 0.3 is 6.03 Å². The Morgan fingerprint density at radius 2 is 1.30 bits per heavy atom. The van der Waals surface area contributed by atoms with Crippen molar-refractivity contribution in [3.05, 3.63) is 107 Å². The summed E-state index contributed by atoms with van der Waals surface area (Å²) >= 11 is 6.06. The number of hydrogen-bond acceptors (Lipinski definition) is 15. The van der Waals surface area contributed by atoms with E-state index in [2.05, 4.69) is 49.1 Å². The highest BCUT2D eigenvalue weighted by atomic mass is 35.5. The van der Waals surface area contributed by atoms with Crippen molar-refractivity contribution in [3.8, 4) is 11.5 Å². The minimum Gasteiger partial charge on any atom is -0.508 e. The third-order valence-corrected chi connectivity index (χ3v) is 14.5. The number of carbonyl (C=O) groups is 9. The molecule has 0 bridgehead atoms. The van der Waals surface area contributed by atoms with E-state index in [-0.39, 0.29) is 80.2 Å². The number of benzene rings is 3. The zero-order valence-corrected chi connectivity index (χ0v) is 44.2. The molecule has 0 aromatic heterocycles. The fraction of sp³-hybridized carbons (Fsp3) is 0.420. The number of nitrogens with one attached hydrogen (secondary N) is 8. The fourth-order valence-electron chi connectivity index (χ4n) is 7.52. The van der Waals surface area contributed by atoms with E-state index in [1.54, 1.807) is 24.3 Å². The van der Waals surface area contributed by atoms with E-state index in [1.807, 2.05) is 0 Å². The van der Waals surface area contributed by atoms with Gasteiger partial charge in [0.1, 0.15) is 53.8 Å². The summed E-state index contributed by atoms with van der Waals surface area (Å²) in [5.41, 5.74) is 24.8. The molecule has 0 saturated carbocycles. The molecule has 0 aliphatic carbocycles. The first-order valence-electron chi connectivity index (χ1n) is 24.3. The lowest BCUT2D eigenvalue weighted by Gasteiger charge is -2.29. The lowest BCUT2D eigenvalue weighted by Crippen LogP contribution is -2.61. The Balaban J connectivity index is 1.77. The third-order valence-electron chi connectivity index (χ3n) is 11.8. The summed E-state index contributed by atoms with van der Waals surface area (Å²) in [6.45, 7) is 5.71. The number of nitrogens with two attached hydrogens (primary N) is 4. The minimum absolute atomic E-state index is 0.0171. The molecule has 3 aromatic carbocycles. The average molecular weight is 1110 g/mol. The number of carbonyl (C=O) groups excluding carboxylic acids is 9. The van der Waals surface area contributed by atoms with Crippen molar-refractivity contribution in [1.29, 1.82) is 0 Å². The molecule has 10 amide bonds. The van der Waals surface area contributed by atoms with Crippen LogP contribution in [0, 0.1) is 0 Å². The van der Waals surface area contributed by atoms with Crippen LogP contribution in [0.3, 0.4) is 0 Å². The SMILES string of the molecule is C=C(CCCNC(N)=O)[C@H]1NC(=O)[C@H](Cc2ccc(O)cc2)NC(=O)[C@H](NC(=O)[C@@H](N)Cc2ccc(Cl)cc2)CSSC[C@@H](C(=O)N[C@H](Cc2ccc(O)cc2)C(N)=O)NC(=O)[C@H](C)NC(=O)[C@H](CCCCN)NC1=O.